The third kappa shape index (κ3) is 6.39. The highest BCUT2D eigenvalue weighted by molar-refractivity contribution is 5.29. The van der Waals surface area contributed by atoms with E-state index >= 15 is 0 Å². The van der Waals surface area contributed by atoms with Crippen LogP contribution >= 0.6 is 0 Å². The van der Waals surface area contributed by atoms with Crippen molar-refractivity contribution in [3.8, 4) is 0 Å². The topological polar surface area (TPSA) is 21.3 Å². The summed E-state index contributed by atoms with van der Waals surface area (Å²) >= 11 is 0. The second kappa shape index (κ2) is 8.27. The van der Waals surface area contributed by atoms with E-state index in [0.717, 1.165) is 18.9 Å². The van der Waals surface area contributed by atoms with E-state index in [-0.39, 0.29) is 12.6 Å². The van der Waals surface area contributed by atoms with Crippen LogP contribution in [-0.2, 0) is 17.5 Å². The molecule has 0 spiro atoms. The van der Waals surface area contributed by atoms with Crippen LogP contribution in [0.3, 0.4) is 0 Å². The van der Waals surface area contributed by atoms with Gasteiger partial charge >= 0.3 is 6.18 Å². The van der Waals surface area contributed by atoms with Crippen LogP contribution in [0, 0.1) is 0 Å². The van der Waals surface area contributed by atoms with E-state index in [0.29, 0.717) is 18.7 Å². The maximum Gasteiger partial charge on any atom is 0.416 e. The maximum absolute atomic E-state index is 12.8. The number of rotatable bonds is 8. The molecule has 0 aliphatic heterocycles. The van der Waals surface area contributed by atoms with Gasteiger partial charge in [-0.1, -0.05) is 18.2 Å². The number of nitrogens with one attached hydrogen (secondary N) is 1. The van der Waals surface area contributed by atoms with Gasteiger partial charge in [-0.15, -0.1) is 0 Å². The molecular weight excluding hydrogens is 267 g/mol. The maximum atomic E-state index is 12.8. The average Bonchev–Trinajstić information content (AvgIpc) is 2.36. The van der Waals surface area contributed by atoms with E-state index in [2.05, 4.69) is 5.32 Å². The van der Waals surface area contributed by atoms with Crippen LogP contribution < -0.4 is 5.32 Å². The molecule has 5 heteroatoms. The number of hydrogen-bond donors (Lipinski definition) is 1. The van der Waals surface area contributed by atoms with Crippen LogP contribution in [0.2, 0.25) is 0 Å². The highest BCUT2D eigenvalue weighted by atomic mass is 19.4. The molecule has 0 aliphatic carbocycles. The van der Waals surface area contributed by atoms with Gasteiger partial charge in [-0.25, -0.2) is 0 Å². The third-order valence-electron chi connectivity index (χ3n) is 2.84. The predicted molar refractivity (Wildman–Crippen MR) is 73.5 cm³/mol. The molecule has 0 aliphatic rings. The average molecular weight is 289 g/mol. The zero-order chi connectivity index (χ0) is 15.0. The lowest BCUT2D eigenvalue weighted by molar-refractivity contribution is -0.138. The highest BCUT2D eigenvalue weighted by Crippen LogP contribution is 2.31. The Bertz CT molecular complexity index is 391. The van der Waals surface area contributed by atoms with Crippen LogP contribution in [-0.4, -0.2) is 19.3 Å². The molecular formula is C15H22F3NO. The Balaban J connectivity index is 2.29. The van der Waals surface area contributed by atoms with Crippen LogP contribution in [0.25, 0.3) is 0 Å². The summed E-state index contributed by atoms with van der Waals surface area (Å²) in [5, 5.41) is 3.05. The molecule has 0 radical (unpaired) electrons. The monoisotopic (exact) mass is 289 g/mol. The molecule has 0 saturated carbocycles. The van der Waals surface area contributed by atoms with Crippen LogP contribution in [0.15, 0.2) is 24.3 Å². The van der Waals surface area contributed by atoms with E-state index in [4.69, 9.17) is 4.74 Å². The first-order valence-electron chi connectivity index (χ1n) is 6.88. The second-order valence-electron chi connectivity index (χ2n) is 4.96. The Morgan fingerprint density at radius 3 is 2.50 bits per heavy atom. The second-order valence-corrected chi connectivity index (χ2v) is 4.96. The summed E-state index contributed by atoms with van der Waals surface area (Å²) in [4.78, 5) is 0. The molecule has 0 amide bonds. The van der Waals surface area contributed by atoms with Crippen LogP contribution in [0.5, 0.6) is 0 Å². The molecule has 0 aromatic heterocycles. The zero-order valence-corrected chi connectivity index (χ0v) is 12.0. The quantitative estimate of drug-likeness (QED) is 0.730. The summed E-state index contributed by atoms with van der Waals surface area (Å²) in [6.07, 6.45) is -2.27. The van der Waals surface area contributed by atoms with E-state index in [1.54, 1.807) is 6.07 Å². The molecule has 1 N–H and O–H groups in total. The Morgan fingerprint density at radius 2 is 1.85 bits per heavy atom. The van der Waals surface area contributed by atoms with Gasteiger partial charge in [0.2, 0.25) is 0 Å². The Kier molecular flexibility index (Phi) is 7.02. The van der Waals surface area contributed by atoms with E-state index in [1.165, 1.54) is 12.1 Å². The molecule has 0 unspecified atom stereocenters. The Labute approximate surface area is 118 Å². The number of unbranched alkanes of at least 4 members (excludes halogenated alkanes) is 1. The number of halogens is 3. The molecule has 0 heterocycles. The lowest BCUT2D eigenvalue weighted by Gasteiger charge is -2.13. The molecule has 0 bridgehead atoms. The minimum absolute atomic E-state index is 0.224. The van der Waals surface area contributed by atoms with Gasteiger partial charge < -0.3 is 10.1 Å². The van der Waals surface area contributed by atoms with Crippen molar-refractivity contribution in [2.24, 2.45) is 0 Å². The first-order chi connectivity index (χ1) is 9.41. The van der Waals surface area contributed by atoms with Gasteiger partial charge in [-0.2, -0.15) is 13.2 Å². The normalized spacial score (nSPS) is 12.1. The first-order valence-corrected chi connectivity index (χ1v) is 6.88. The summed E-state index contributed by atoms with van der Waals surface area (Å²) in [5.74, 6) is 0. The smallest absolute Gasteiger partial charge is 0.379 e. The van der Waals surface area contributed by atoms with Crippen molar-refractivity contribution < 1.29 is 17.9 Å². The lowest BCUT2D eigenvalue weighted by Crippen LogP contribution is -2.19. The van der Waals surface area contributed by atoms with Crippen molar-refractivity contribution in [3.63, 3.8) is 0 Å². The Hall–Kier alpha value is -1.07. The zero-order valence-electron chi connectivity index (χ0n) is 12.0. The molecule has 2 nitrogen and oxygen atoms in total. The molecule has 1 aromatic rings. The lowest BCUT2D eigenvalue weighted by atomic mass is 10.1. The molecule has 20 heavy (non-hydrogen) atoms. The van der Waals surface area contributed by atoms with Crippen molar-refractivity contribution in [2.75, 3.05) is 13.2 Å². The summed E-state index contributed by atoms with van der Waals surface area (Å²) in [6, 6.07) is 5.67. The van der Waals surface area contributed by atoms with E-state index < -0.39 is 11.7 Å². The summed E-state index contributed by atoms with van der Waals surface area (Å²) < 4.78 is 43.7. The fraction of sp³-hybridized carbons (Fsp3) is 0.600. The van der Waals surface area contributed by atoms with Gasteiger partial charge in [0.25, 0.3) is 0 Å². The fourth-order valence-electron chi connectivity index (χ4n) is 1.85. The number of alkyl halides is 3. The number of benzene rings is 1. The highest BCUT2D eigenvalue weighted by Gasteiger charge is 2.32. The van der Waals surface area contributed by atoms with Gasteiger partial charge in [0.05, 0.1) is 11.7 Å². The molecule has 114 valence electrons. The van der Waals surface area contributed by atoms with Crippen molar-refractivity contribution in [1.82, 2.24) is 5.32 Å². The van der Waals surface area contributed by atoms with Crippen molar-refractivity contribution in [3.05, 3.63) is 35.4 Å². The van der Waals surface area contributed by atoms with Gasteiger partial charge in [0, 0.05) is 13.2 Å². The fourth-order valence-corrected chi connectivity index (χ4v) is 1.85. The van der Waals surface area contributed by atoms with Crippen LogP contribution in [0.4, 0.5) is 13.2 Å². The number of hydrogen-bond acceptors (Lipinski definition) is 2. The van der Waals surface area contributed by atoms with Crippen molar-refractivity contribution >= 4 is 0 Å². The molecule has 1 aromatic carbocycles. The van der Waals surface area contributed by atoms with Gasteiger partial charge in [0.15, 0.2) is 0 Å². The standard InChI is InChI=1S/C15H22F3NO/c1-12(2)20-10-6-5-9-19-11-13-7-3-4-8-14(13)15(16,17)18/h3-4,7-8,12,19H,5-6,9-11H2,1-2H3. The van der Waals surface area contributed by atoms with Gasteiger partial charge in [-0.05, 0) is 44.9 Å². The predicted octanol–water partition coefficient (Wildman–Crippen LogP) is 4.00. The SMILES string of the molecule is CC(C)OCCCCNCc1ccccc1C(F)(F)F. The minimum Gasteiger partial charge on any atom is -0.379 e. The first kappa shape index (κ1) is 17.0. The van der Waals surface area contributed by atoms with Gasteiger partial charge in [0.1, 0.15) is 0 Å². The largest absolute Gasteiger partial charge is 0.416 e. The Morgan fingerprint density at radius 1 is 1.15 bits per heavy atom. The molecule has 0 saturated heterocycles. The van der Waals surface area contributed by atoms with Crippen LogP contribution in [0.1, 0.15) is 37.8 Å². The third-order valence-corrected chi connectivity index (χ3v) is 2.84. The summed E-state index contributed by atoms with van der Waals surface area (Å²) in [5.41, 5.74) is -0.269. The van der Waals surface area contributed by atoms with Gasteiger partial charge in [-0.3, -0.25) is 0 Å². The van der Waals surface area contributed by atoms with Crippen molar-refractivity contribution in [2.45, 2.75) is 45.5 Å². The molecule has 0 atom stereocenters. The van der Waals surface area contributed by atoms with Crippen molar-refractivity contribution in [1.29, 1.82) is 0 Å². The molecule has 0 fully saturated rings. The number of ether oxygens (including phenoxy) is 1. The van der Waals surface area contributed by atoms with E-state index in [1.807, 2.05) is 13.8 Å². The summed E-state index contributed by atoms with van der Waals surface area (Å²) in [6.45, 7) is 5.57. The summed E-state index contributed by atoms with van der Waals surface area (Å²) in [7, 11) is 0. The molecule has 1 rings (SSSR count). The minimum atomic E-state index is -4.29. The van der Waals surface area contributed by atoms with E-state index in [9.17, 15) is 13.2 Å².